The predicted octanol–water partition coefficient (Wildman–Crippen LogP) is 3.75. The number of hydrogen-bond acceptors (Lipinski definition) is 1. The monoisotopic (exact) mass is 220 g/mol. The number of hydrogen-bond donors (Lipinski definition) is 0. The van der Waals surface area contributed by atoms with Gasteiger partial charge in [0.05, 0.1) is 0 Å². The minimum absolute atomic E-state index is 0.206. The zero-order valence-corrected chi connectivity index (χ0v) is 9.63. The van der Waals surface area contributed by atoms with Crippen molar-refractivity contribution >= 4 is 5.78 Å². The maximum Gasteiger partial charge on any atom is 0.140 e. The summed E-state index contributed by atoms with van der Waals surface area (Å²) >= 11 is 0. The van der Waals surface area contributed by atoms with Gasteiger partial charge in [-0.05, 0) is 31.4 Å². The first-order valence-corrected chi connectivity index (χ1v) is 5.97. The van der Waals surface area contributed by atoms with Gasteiger partial charge < -0.3 is 0 Å². The Morgan fingerprint density at radius 3 is 2.88 bits per heavy atom. The number of benzene rings is 1. The summed E-state index contributed by atoms with van der Waals surface area (Å²) in [6, 6.07) is 5.05. The normalized spacial score (nSPS) is 21.9. The molecule has 16 heavy (non-hydrogen) atoms. The minimum atomic E-state index is -0.231. The molecule has 0 aromatic heterocycles. The molecule has 1 saturated carbocycles. The second-order valence-corrected chi connectivity index (χ2v) is 4.64. The van der Waals surface area contributed by atoms with Gasteiger partial charge in [0.15, 0.2) is 0 Å². The van der Waals surface area contributed by atoms with E-state index in [1.54, 1.807) is 6.07 Å². The summed E-state index contributed by atoms with van der Waals surface area (Å²) in [6.45, 7) is 1.93. The summed E-state index contributed by atoms with van der Waals surface area (Å²) in [6.07, 6.45) is 4.50. The van der Waals surface area contributed by atoms with E-state index in [9.17, 15) is 9.18 Å². The van der Waals surface area contributed by atoms with E-state index in [-0.39, 0.29) is 17.5 Å². The van der Waals surface area contributed by atoms with Crippen LogP contribution in [0.4, 0.5) is 4.39 Å². The van der Waals surface area contributed by atoms with Gasteiger partial charge in [-0.3, -0.25) is 4.79 Å². The Bertz CT molecular complexity index is 398. The Kier molecular flexibility index (Phi) is 3.37. The van der Waals surface area contributed by atoms with Crippen molar-refractivity contribution in [2.24, 2.45) is 0 Å². The average molecular weight is 220 g/mol. The topological polar surface area (TPSA) is 17.1 Å². The van der Waals surface area contributed by atoms with Crippen LogP contribution in [0.3, 0.4) is 0 Å². The molecule has 1 atom stereocenters. The summed E-state index contributed by atoms with van der Waals surface area (Å²) in [5.74, 6) is -0.227. The highest BCUT2D eigenvalue weighted by atomic mass is 19.1. The van der Waals surface area contributed by atoms with E-state index >= 15 is 0 Å². The smallest absolute Gasteiger partial charge is 0.140 e. The Balaban J connectivity index is 2.33. The molecule has 0 saturated heterocycles. The molecule has 2 rings (SSSR count). The van der Waals surface area contributed by atoms with Gasteiger partial charge in [0.25, 0.3) is 0 Å². The van der Waals surface area contributed by atoms with E-state index in [1.165, 1.54) is 6.07 Å². The number of halogens is 1. The lowest BCUT2D eigenvalue weighted by Crippen LogP contribution is -2.12. The first-order valence-electron chi connectivity index (χ1n) is 5.97. The zero-order valence-electron chi connectivity index (χ0n) is 9.63. The number of carbonyl (C=O) groups is 1. The molecule has 1 aromatic rings. The number of carbonyl (C=O) groups excluding carboxylic acids is 1. The van der Waals surface area contributed by atoms with Crippen molar-refractivity contribution < 1.29 is 9.18 Å². The Morgan fingerprint density at radius 2 is 2.06 bits per heavy atom. The highest BCUT2D eigenvalue weighted by Crippen LogP contribution is 2.31. The van der Waals surface area contributed by atoms with Crippen LogP contribution >= 0.6 is 0 Å². The van der Waals surface area contributed by atoms with Crippen molar-refractivity contribution in [2.75, 3.05) is 0 Å². The molecule has 0 aliphatic heterocycles. The Labute approximate surface area is 95.7 Å². The molecule has 1 aromatic carbocycles. The fourth-order valence-corrected chi connectivity index (χ4v) is 2.42. The molecule has 1 unspecified atom stereocenters. The average Bonchev–Trinajstić information content (AvgIpc) is 2.47. The summed E-state index contributed by atoms with van der Waals surface area (Å²) in [4.78, 5) is 11.9. The molecule has 0 amide bonds. The lowest BCUT2D eigenvalue weighted by Gasteiger charge is -2.14. The molecule has 1 nitrogen and oxygen atoms in total. The third-order valence-corrected chi connectivity index (χ3v) is 3.33. The third-order valence-electron chi connectivity index (χ3n) is 3.33. The Hall–Kier alpha value is -1.18. The fourth-order valence-electron chi connectivity index (χ4n) is 2.42. The van der Waals surface area contributed by atoms with E-state index < -0.39 is 0 Å². The summed E-state index contributed by atoms with van der Waals surface area (Å²) in [5, 5.41) is 0. The van der Waals surface area contributed by atoms with Crippen molar-refractivity contribution in [1.29, 1.82) is 0 Å². The SMILES string of the molecule is Cc1ccc(F)c(C2CCCCCC2=O)c1. The van der Waals surface area contributed by atoms with Gasteiger partial charge >= 0.3 is 0 Å². The van der Waals surface area contributed by atoms with E-state index in [0.717, 1.165) is 31.2 Å². The van der Waals surface area contributed by atoms with Gasteiger partial charge in [0.1, 0.15) is 11.6 Å². The second-order valence-electron chi connectivity index (χ2n) is 4.64. The van der Waals surface area contributed by atoms with Crippen LogP contribution in [-0.4, -0.2) is 5.78 Å². The molecule has 2 heteroatoms. The first-order chi connectivity index (χ1) is 7.68. The molecule has 1 aliphatic rings. The third kappa shape index (κ3) is 2.31. The van der Waals surface area contributed by atoms with Crippen molar-refractivity contribution in [3.63, 3.8) is 0 Å². The maximum atomic E-state index is 13.7. The van der Waals surface area contributed by atoms with Crippen LogP contribution in [0.1, 0.15) is 49.1 Å². The van der Waals surface area contributed by atoms with Crippen LogP contribution in [0.25, 0.3) is 0 Å². The molecule has 0 heterocycles. The van der Waals surface area contributed by atoms with Gasteiger partial charge in [-0.1, -0.05) is 30.5 Å². The number of ketones is 1. The van der Waals surface area contributed by atoms with Crippen LogP contribution in [0, 0.1) is 12.7 Å². The zero-order chi connectivity index (χ0) is 11.5. The molecular formula is C14H17FO. The summed E-state index contributed by atoms with van der Waals surface area (Å²) < 4.78 is 13.7. The second kappa shape index (κ2) is 4.77. The molecule has 1 aliphatic carbocycles. The van der Waals surface area contributed by atoms with Gasteiger partial charge in [-0.2, -0.15) is 0 Å². The molecule has 0 bridgehead atoms. The Morgan fingerprint density at radius 1 is 1.25 bits per heavy atom. The van der Waals surface area contributed by atoms with E-state index in [1.807, 2.05) is 13.0 Å². The van der Waals surface area contributed by atoms with Gasteiger partial charge in [-0.15, -0.1) is 0 Å². The van der Waals surface area contributed by atoms with E-state index in [0.29, 0.717) is 12.0 Å². The largest absolute Gasteiger partial charge is 0.299 e. The number of aryl methyl sites for hydroxylation is 1. The van der Waals surface area contributed by atoms with Crippen LogP contribution in [0.2, 0.25) is 0 Å². The minimum Gasteiger partial charge on any atom is -0.299 e. The quantitative estimate of drug-likeness (QED) is 0.659. The van der Waals surface area contributed by atoms with Crippen molar-refractivity contribution in [1.82, 2.24) is 0 Å². The highest BCUT2D eigenvalue weighted by Gasteiger charge is 2.24. The number of Topliss-reactive ketones (excluding diaryl/α,β-unsaturated/α-hetero) is 1. The van der Waals surface area contributed by atoms with Crippen molar-refractivity contribution in [3.8, 4) is 0 Å². The summed E-state index contributed by atoms with van der Waals surface area (Å²) in [7, 11) is 0. The van der Waals surface area contributed by atoms with Crippen molar-refractivity contribution in [2.45, 2.75) is 44.9 Å². The number of rotatable bonds is 1. The first kappa shape index (κ1) is 11.3. The molecular weight excluding hydrogens is 203 g/mol. The van der Waals surface area contributed by atoms with E-state index in [4.69, 9.17) is 0 Å². The lowest BCUT2D eigenvalue weighted by molar-refractivity contribution is -0.120. The standard InChI is InChI=1S/C14H17FO/c1-10-7-8-13(15)12(9-10)11-5-3-2-4-6-14(11)16/h7-9,11H,2-6H2,1H3. The molecule has 0 spiro atoms. The highest BCUT2D eigenvalue weighted by molar-refractivity contribution is 5.86. The van der Waals surface area contributed by atoms with Crippen LogP contribution in [0.15, 0.2) is 18.2 Å². The van der Waals surface area contributed by atoms with Gasteiger partial charge in [0.2, 0.25) is 0 Å². The van der Waals surface area contributed by atoms with Gasteiger partial charge in [0, 0.05) is 12.3 Å². The van der Waals surface area contributed by atoms with Crippen LogP contribution < -0.4 is 0 Å². The molecule has 0 N–H and O–H groups in total. The van der Waals surface area contributed by atoms with Crippen LogP contribution in [-0.2, 0) is 4.79 Å². The summed E-state index contributed by atoms with van der Waals surface area (Å²) in [5.41, 5.74) is 1.63. The lowest BCUT2D eigenvalue weighted by atomic mass is 9.89. The molecule has 1 fully saturated rings. The molecule has 86 valence electrons. The van der Waals surface area contributed by atoms with Crippen LogP contribution in [0.5, 0.6) is 0 Å². The van der Waals surface area contributed by atoms with Crippen molar-refractivity contribution in [3.05, 3.63) is 35.1 Å². The van der Waals surface area contributed by atoms with Gasteiger partial charge in [-0.25, -0.2) is 4.39 Å². The predicted molar refractivity (Wildman–Crippen MR) is 62.0 cm³/mol. The molecule has 0 radical (unpaired) electrons. The fraction of sp³-hybridized carbons (Fsp3) is 0.500. The van der Waals surface area contributed by atoms with E-state index in [2.05, 4.69) is 0 Å². The maximum absolute atomic E-state index is 13.7.